The van der Waals surface area contributed by atoms with Crippen molar-refractivity contribution in [3.8, 4) is 11.5 Å². The molecule has 0 spiro atoms. The first-order chi connectivity index (χ1) is 14.4. The average Bonchev–Trinajstić information content (AvgIpc) is 2.72. The Morgan fingerprint density at radius 3 is 2.47 bits per heavy atom. The van der Waals surface area contributed by atoms with E-state index in [0.717, 1.165) is 15.6 Å². The lowest BCUT2D eigenvalue weighted by atomic mass is 10.1. The molecule has 0 aliphatic heterocycles. The molecule has 0 fully saturated rings. The summed E-state index contributed by atoms with van der Waals surface area (Å²) in [6.07, 6.45) is 0. The van der Waals surface area contributed by atoms with E-state index in [1.165, 1.54) is 6.07 Å². The zero-order valence-electron chi connectivity index (χ0n) is 15.9. The highest BCUT2D eigenvalue weighted by atomic mass is 79.9. The number of anilines is 1. The molecule has 0 aliphatic rings. The molecule has 156 valence electrons. The molecule has 5 nitrogen and oxygen atoms in total. The highest BCUT2D eigenvalue weighted by molar-refractivity contribution is 9.10. The molecule has 0 atom stereocenters. The van der Waals surface area contributed by atoms with Gasteiger partial charge in [0.25, 0.3) is 0 Å². The Bertz CT molecular complexity index is 1060. The van der Waals surface area contributed by atoms with Gasteiger partial charge in [-0.15, -0.1) is 0 Å². The van der Waals surface area contributed by atoms with Crippen molar-refractivity contribution in [1.29, 1.82) is 0 Å². The van der Waals surface area contributed by atoms with Gasteiger partial charge < -0.3 is 19.9 Å². The number of carboxylic acids is 1. The second kappa shape index (κ2) is 10.1. The molecule has 0 heterocycles. The Labute approximate surface area is 192 Å². The largest absolute Gasteiger partial charge is 0.493 e. The number of methoxy groups -OCH3 is 1. The van der Waals surface area contributed by atoms with Gasteiger partial charge >= 0.3 is 5.97 Å². The van der Waals surface area contributed by atoms with Crippen LogP contribution in [0.3, 0.4) is 0 Å². The van der Waals surface area contributed by atoms with Crippen molar-refractivity contribution in [1.82, 2.24) is 0 Å². The van der Waals surface area contributed by atoms with Crippen LogP contribution < -0.4 is 14.8 Å². The lowest BCUT2D eigenvalue weighted by molar-refractivity contribution is 0.0697. The first kappa shape index (κ1) is 22.3. The maximum absolute atomic E-state index is 11.1. The fraction of sp³-hybridized carbons (Fsp3) is 0.136. The lowest BCUT2D eigenvalue weighted by Crippen LogP contribution is -2.07. The predicted octanol–water partition coefficient (Wildman–Crippen LogP) is 6.65. The van der Waals surface area contributed by atoms with E-state index in [9.17, 15) is 4.79 Å². The van der Waals surface area contributed by atoms with Crippen LogP contribution >= 0.6 is 39.1 Å². The van der Waals surface area contributed by atoms with Gasteiger partial charge in [-0.05, 0) is 48.0 Å². The number of rotatable bonds is 8. The van der Waals surface area contributed by atoms with Gasteiger partial charge in [0.2, 0.25) is 0 Å². The number of benzene rings is 3. The topological polar surface area (TPSA) is 67.8 Å². The fourth-order valence-corrected chi connectivity index (χ4v) is 3.63. The summed E-state index contributed by atoms with van der Waals surface area (Å²) in [5, 5.41) is 13.2. The van der Waals surface area contributed by atoms with Crippen LogP contribution in [0.25, 0.3) is 0 Å². The predicted molar refractivity (Wildman–Crippen MR) is 122 cm³/mol. The minimum absolute atomic E-state index is 0.0526. The third kappa shape index (κ3) is 5.39. The van der Waals surface area contributed by atoms with E-state index in [4.69, 9.17) is 37.8 Å². The Morgan fingerprint density at radius 1 is 1.10 bits per heavy atom. The number of aromatic carboxylic acids is 1. The van der Waals surface area contributed by atoms with Crippen LogP contribution in [0.4, 0.5) is 5.69 Å². The van der Waals surface area contributed by atoms with Crippen molar-refractivity contribution in [3.05, 3.63) is 85.8 Å². The number of halogens is 3. The van der Waals surface area contributed by atoms with Gasteiger partial charge in [-0.3, -0.25) is 0 Å². The van der Waals surface area contributed by atoms with E-state index in [0.29, 0.717) is 35.4 Å². The van der Waals surface area contributed by atoms with E-state index in [2.05, 4.69) is 21.2 Å². The molecule has 2 N–H and O–H groups in total. The van der Waals surface area contributed by atoms with E-state index < -0.39 is 5.97 Å². The normalized spacial score (nSPS) is 10.5. The lowest BCUT2D eigenvalue weighted by Gasteiger charge is -2.18. The average molecular weight is 511 g/mol. The van der Waals surface area contributed by atoms with Crippen LogP contribution in [0.15, 0.2) is 59.1 Å². The Morgan fingerprint density at radius 2 is 1.83 bits per heavy atom. The molecule has 3 aromatic carbocycles. The summed E-state index contributed by atoms with van der Waals surface area (Å²) in [5.74, 6) is 0.130. The minimum Gasteiger partial charge on any atom is -0.493 e. The molecule has 0 bridgehead atoms. The summed E-state index contributed by atoms with van der Waals surface area (Å²) in [6, 6.07) is 15.8. The van der Waals surface area contributed by atoms with Crippen molar-refractivity contribution < 1.29 is 19.4 Å². The Kier molecular flexibility index (Phi) is 7.48. The van der Waals surface area contributed by atoms with Crippen molar-refractivity contribution in [2.45, 2.75) is 13.2 Å². The monoisotopic (exact) mass is 509 g/mol. The summed E-state index contributed by atoms with van der Waals surface area (Å²) >= 11 is 15.6. The second-order valence-corrected chi connectivity index (χ2v) is 8.02. The van der Waals surface area contributed by atoms with E-state index in [1.807, 2.05) is 36.4 Å². The van der Waals surface area contributed by atoms with Crippen LogP contribution in [0.5, 0.6) is 11.5 Å². The number of ether oxygens (including phenoxy) is 2. The van der Waals surface area contributed by atoms with Gasteiger partial charge in [-0.25, -0.2) is 4.79 Å². The Balaban J connectivity index is 1.82. The molecule has 0 saturated carbocycles. The van der Waals surface area contributed by atoms with Crippen molar-refractivity contribution in [2.75, 3.05) is 12.4 Å². The first-order valence-electron chi connectivity index (χ1n) is 8.88. The quantitative estimate of drug-likeness (QED) is 0.355. The number of carboxylic acid groups (broad SMARTS) is 1. The highest BCUT2D eigenvalue weighted by Gasteiger charge is 2.16. The summed E-state index contributed by atoms with van der Waals surface area (Å²) in [4.78, 5) is 11.1. The van der Waals surface area contributed by atoms with E-state index in [1.54, 1.807) is 19.2 Å². The summed E-state index contributed by atoms with van der Waals surface area (Å²) in [7, 11) is 1.58. The molecule has 0 saturated heterocycles. The Hall–Kier alpha value is -2.41. The zero-order chi connectivity index (χ0) is 21.7. The van der Waals surface area contributed by atoms with Crippen molar-refractivity contribution in [3.63, 3.8) is 0 Å². The first-order valence-corrected chi connectivity index (χ1v) is 10.4. The molecule has 0 unspecified atom stereocenters. The molecular formula is C22H18BrCl2NO4. The fourth-order valence-electron chi connectivity index (χ4n) is 2.79. The van der Waals surface area contributed by atoms with Crippen LogP contribution in [0.1, 0.15) is 21.5 Å². The van der Waals surface area contributed by atoms with Crippen LogP contribution in [-0.2, 0) is 13.2 Å². The summed E-state index contributed by atoms with van der Waals surface area (Å²) in [5.41, 5.74) is 2.55. The molecule has 0 radical (unpaired) electrons. The maximum atomic E-state index is 11.1. The molecule has 8 heteroatoms. The number of carbonyl (C=O) groups is 1. The standard InChI is InChI=1S/C22H18BrCl2NO4/c1-29-20-9-8-18(23)17(21(20)30-12-13-2-4-14(24)5-3-13)11-26-15-6-7-16(22(27)28)19(25)10-15/h2-10,26H,11-12H2,1H3,(H,27,28). The van der Waals surface area contributed by atoms with Gasteiger partial charge in [0.05, 0.1) is 17.7 Å². The summed E-state index contributed by atoms with van der Waals surface area (Å²) < 4.78 is 12.4. The van der Waals surface area contributed by atoms with Gasteiger partial charge in [0.15, 0.2) is 11.5 Å². The maximum Gasteiger partial charge on any atom is 0.337 e. The van der Waals surface area contributed by atoms with E-state index >= 15 is 0 Å². The molecular weight excluding hydrogens is 493 g/mol. The third-order valence-corrected chi connectivity index (χ3v) is 5.66. The second-order valence-electron chi connectivity index (χ2n) is 6.33. The number of hydrogen-bond acceptors (Lipinski definition) is 4. The molecule has 30 heavy (non-hydrogen) atoms. The van der Waals surface area contributed by atoms with Crippen LogP contribution in [0, 0.1) is 0 Å². The summed E-state index contributed by atoms with van der Waals surface area (Å²) in [6.45, 7) is 0.743. The molecule has 0 amide bonds. The molecule has 0 aromatic heterocycles. The van der Waals surface area contributed by atoms with Gasteiger partial charge in [0, 0.05) is 27.3 Å². The number of hydrogen-bond donors (Lipinski definition) is 2. The van der Waals surface area contributed by atoms with Crippen LogP contribution in [0.2, 0.25) is 10.0 Å². The highest BCUT2D eigenvalue weighted by Crippen LogP contribution is 2.37. The zero-order valence-corrected chi connectivity index (χ0v) is 19.0. The SMILES string of the molecule is COc1ccc(Br)c(CNc2ccc(C(=O)O)c(Cl)c2)c1OCc1ccc(Cl)cc1. The van der Waals surface area contributed by atoms with Crippen LogP contribution in [-0.4, -0.2) is 18.2 Å². The minimum atomic E-state index is -1.07. The van der Waals surface area contributed by atoms with E-state index in [-0.39, 0.29) is 10.6 Å². The number of nitrogens with one attached hydrogen (secondary N) is 1. The van der Waals surface area contributed by atoms with Gasteiger partial charge in [-0.1, -0.05) is 51.3 Å². The molecule has 0 aliphatic carbocycles. The molecule has 3 aromatic rings. The third-order valence-electron chi connectivity index (χ3n) is 4.35. The smallest absolute Gasteiger partial charge is 0.337 e. The van der Waals surface area contributed by atoms with Crippen molar-refractivity contribution >= 4 is 50.8 Å². The van der Waals surface area contributed by atoms with Gasteiger partial charge in [0.1, 0.15) is 6.61 Å². The van der Waals surface area contributed by atoms with Gasteiger partial charge in [-0.2, -0.15) is 0 Å². The van der Waals surface area contributed by atoms with Crippen molar-refractivity contribution in [2.24, 2.45) is 0 Å². The molecule has 3 rings (SSSR count).